The van der Waals surface area contributed by atoms with Gasteiger partial charge >= 0.3 is 0 Å². The number of hydrogen-bond acceptors (Lipinski definition) is 3. The lowest BCUT2D eigenvalue weighted by molar-refractivity contribution is -0.127. The number of fused-ring (bicyclic) bond motifs is 1. The zero-order chi connectivity index (χ0) is 13.4. The van der Waals surface area contributed by atoms with Crippen molar-refractivity contribution in [2.24, 2.45) is 0 Å². The van der Waals surface area contributed by atoms with Gasteiger partial charge < -0.3 is 0 Å². The molecule has 1 aliphatic rings. The molecule has 0 aliphatic carbocycles. The van der Waals surface area contributed by atoms with Crippen molar-refractivity contribution >= 4 is 33.5 Å². The van der Waals surface area contributed by atoms with Crippen LogP contribution < -0.4 is 0 Å². The summed E-state index contributed by atoms with van der Waals surface area (Å²) in [7, 11) is 1.45. The van der Waals surface area contributed by atoms with Crippen LogP contribution in [-0.4, -0.2) is 34.4 Å². The Balaban J connectivity index is 2.47. The molecule has 1 aromatic carbocycles. The number of alkyl halides is 1. The number of imide groups is 1. The minimum atomic E-state index is -0.349. The lowest BCUT2D eigenvalue weighted by Crippen LogP contribution is -2.39. The molecule has 4 nitrogen and oxygen atoms in total. The molecule has 94 valence electrons. The first-order valence-corrected chi connectivity index (χ1v) is 6.45. The first-order valence-electron chi connectivity index (χ1n) is 5.54. The number of likely N-dealkylation sites (N-methyl/N-ethyl adjacent to an activating group) is 1. The summed E-state index contributed by atoms with van der Waals surface area (Å²) < 4.78 is 0. The van der Waals surface area contributed by atoms with Gasteiger partial charge in [0.2, 0.25) is 5.91 Å². The predicted octanol–water partition coefficient (Wildman–Crippen LogP) is 1.81. The van der Waals surface area contributed by atoms with E-state index >= 15 is 0 Å². The van der Waals surface area contributed by atoms with Crippen LogP contribution in [0.2, 0.25) is 0 Å². The summed E-state index contributed by atoms with van der Waals surface area (Å²) in [4.78, 5) is 36.1. The summed E-state index contributed by atoms with van der Waals surface area (Å²) in [5.41, 5.74) is 1.60. The Kier molecular flexibility index (Phi) is 3.34. The number of carbonyl (C=O) groups is 3. The topological polar surface area (TPSA) is 54.5 Å². The van der Waals surface area contributed by atoms with Crippen LogP contribution in [0.3, 0.4) is 0 Å². The largest absolute Gasteiger partial charge is 0.293 e. The van der Waals surface area contributed by atoms with Crippen LogP contribution in [0.4, 0.5) is 0 Å². The van der Waals surface area contributed by atoms with Gasteiger partial charge in [-0.05, 0) is 18.6 Å². The van der Waals surface area contributed by atoms with E-state index in [1.807, 2.05) is 0 Å². The van der Waals surface area contributed by atoms with Gasteiger partial charge in [-0.1, -0.05) is 28.1 Å². The van der Waals surface area contributed by atoms with Crippen molar-refractivity contribution in [3.63, 3.8) is 0 Å². The van der Waals surface area contributed by atoms with Crippen LogP contribution >= 0.6 is 15.9 Å². The van der Waals surface area contributed by atoms with E-state index in [1.165, 1.54) is 7.05 Å². The molecule has 0 bridgehead atoms. The number of rotatable bonds is 2. The molecule has 5 heteroatoms. The normalized spacial score (nSPS) is 16.5. The summed E-state index contributed by atoms with van der Waals surface area (Å²) in [5.74, 6) is -0.649. The maximum Gasteiger partial charge on any atom is 0.260 e. The van der Waals surface area contributed by atoms with Crippen molar-refractivity contribution < 1.29 is 14.4 Å². The molecule has 0 fully saturated rings. The van der Waals surface area contributed by atoms with Crippen molar-refractivity contribution in [2.75, 3.05) is 7.05 Å². The van der Waals surface area contributed by atoms with Gasteiger partial charge in [0.25, 0.3) is 5.91 Å². The molecule has 0 saturated heterocycles. The lowest BCUT2D eigenvalue weighted by atomic mass is 9.95. The van der Waals surface area contributed by atoms with Gasteiger partial charge in [0.05, 0.1) is 11.2 Å². The quantitative estimate of drug-likeness (QED) is 0.475. The summed E-state index contributed by atoms with van der Waals surface area (Å²) in [6, 6.07) is 4.91. The van der Waals surface area contributed by atoms with E-state index in [-0.39, 0.29) is 28.8 Å². The molecule has 1 aromatic rings. The highest BCUT2D eigenvalue weighted by Crippen LogP contribution is 2.21. The van der Waals surface area contributed by atoms with Crippen molar-refractivity contribution in [1.29, 1.82) is 0 Å². The number of carbonyl (C=O) groups excluding carboxylic acids is 3. The van der Waals surface area contributed by atoms with Gasteiger partial charge in [-0.15, -0.1) is 0 Å². The monoisotopic (exact) mass is 309 g/mol. The maximum absolute atomic E-state index is 12.0. The van der Waals surface area contributed by atoms with Crippen LogP contribution in [0.1, 0.15) is 33.2 Å². The number of ketones is 1. The number of halogens is 1. The fourth-order valence-corrected chi connectivity index (χ4v) is 2.15. The highest BCUT2D eigenvalue weighted by Gasteiger charge is 2.28. The number of amides is 2. The van der Waals surface area contributed by atoms with Crippen LogP contribution in [0.25, 0.3) is 0 Å². The third-order valence-corrected chi connectivity index (χ3v) is 3.42. The molecule has 0 radical (unpaired) electrons. The van der Waals surface area contributed by atoms with Gasteiger partial charge in [-0.3, -0.25) is 19.3 Å². The predicted molar refractivity (Wildman–Crippen MR) is 70.0 cm³/mol. The molecule has 0 aromatic heterocycles. The fraction of sp³-hybridized carbons (Fsp3) is 0.308. The Bertz CT molecular complexity index is 551. The molecule has 1 unspecified atom stereocenters. The van der Waals surface area contributed by atoms with Crippen molar-refractivity contribution in [3.8, 4) is 0 Å². The highest BCUT2D eigenvalue weighted by atomic mass is 79.9. The van der Waals surface area contributed by atoms with Gasteiger partial charge in [0.1, 0.15) is 0 Å². The minimum Gasteiger partial charge on any atom is -0.293 e. The Hall–Kier alpha value is -1.49. The first-order chi connectivity index (χ1) is 8.41. The Morgan fingerprint density at radius 1 is 1.39 bits per heavy atom. The summed E-state index contributed by atoms with van der Waals surface area (Å²) >= 11 is 3.21. The van der Waals surface area contributed by atoms with E-state index in [9.17, 15) is 14.4 Å². The fourth-order valence-electron chi connectivity index (χ4n) is 1.89. The molecule has 2 rings (SSSR count). The molecule has 2 amide bonds. The lowest BCUT2D eigenvalue weighted by Gasteiger charge is -2.23. The maximum atomic E-state index is 12.0. The van der Waals surface area contributed by atoms with E-state index in [0.29, 0.717) is 16.7 Å². The van der Waals surface area contributed by atoms with Crippen molar-refractivity contribution in [2.45, 2.75) is 18.2 Å². The van der Waals surface area contributed by atoms with Crippen LogP contribution in [0.5, 0.6) is 0 Å². The zero-order valence-electron chi connectivity index (χ0n) is 10.1. The number of Topliss-reactive ketones (excluding diaryl/α,β-unsaturated/α-hetero) is 1. The van der Waals surface area contributed by atoms with Crippen molar-refractivity contribution in [1.82, 2.24) is 4.90 Å². The van der Waals surface area contributed by atoms with E-state index < -0.39 is 0 Å². The summed E-state index contributed by atoms with van der Waals surface area (Å²) in [6.07, 6.45) is 0.204. The third-order valence-electron chi connectivity index (χ3n) is 3.01. The molecule has 0 N–H and O–H groups in total. The molecular formula is C13H12BrNO3. The second kappa shape index (κ2) is 4.65. The molecule has 18 heavy (non-hydrogen) atoms. The van der Waals surface area contributed by atoms with Crippen LogP contribution in [0.15, 0.2) is 18.2 Å². The van der Waals surface area contributed by atoms with E-state index in [1.54, 1.807) is 25.1 Å². The molecule has 0 saturated carbocycles. The molecule has 1 heterocycles. The van der Waals surface area contributed by atoms with Crippen molar-refractivity contribution in [3.05, 3.63) is 34.9 Å². The second-order valence-electron chi connectivity index (χ2n) is 4.29. The second-order valence-corrected chi connectivity index (χ2v) is 5.66. The van der Waals surface area contributed by atoms with Gasteiger partial charge in [-0.25, -0.2) is 0 Å². The molecular weight excluding hydrogens is 298 g/mol. The number of hydrogen-bond donors (Lipinski definition) is 0. The molecule has 1 aliphatic heterocycles. The van der Waals surface area contributed by atoms with E-state index in [2.05, 4.69) is 15.9 Å². The smallest absolute Gasteiger partial charge is 0.260 e. The highest BCUT2D eigenvalue weighted by molar-refractivity contribution is 9.10. The SMILES string of the molecule is CC(Br)C(=O)c1ccc2c(c1)C(=O)N(C)C(=O)C2. The van der Waals surface area contributed by atoms with E-state index in [0.717, 1.165) is 4.90 Å². The Morgan fingerprint density at radius 3 is 2.67 bits per heavy atom. The van der Waals surface area contributed by atoms with Crippen LogP contribution in [-0.2, 0) is 11.2 Å². The first kappa shape index (κ1) is 13.0. The molecule has 1 atom stereocenters. The Labute approximate surface area is 113 Å². The number of nitrogens with zero attached hydrogens (tertiary/aromatic N) is 1. The van der Waals surface area contributed by atoms with Gasteiger partial charge in [0, 0.05) is 18.2 Å². The summed E-state index contributed by atoms with van der Waals surface area (Å²) in [6.45, 7) is 1.74. The average molecular weight is 310 g/mol. The van der Waals surface area contributed by atoms with Gasteiger partial charge in [0.15, 0.2) is 5.78 Å². The van der Waals surface area contributed by atoms with Crippen LogP contribution in [0, 0.1) is 0 Å². The van der Waals surface area contributed by atoms with E-state index in [4.69, 9.17) is 0 Å². The average Bonchev–Trinajstić information content (AvgIpc) is 2.35. The molecule has 0 spiro atoms. The number of benzene rings is 1. The van der Waals surface area contributed by atoms with Gasteiger partial charge in [-0.2, -0.15) is 0 Å². The zero-order valence-corrected chi connectivity index (χ0v) is 11.7. The standard InChI is InChI=1S/C13H12BrNO3/c1-7(14)12(17)9-4-3-8-6-11(16)15(2)13(18)10(8)5-9/h3-5,7H,6H2,1-2H3. The Morgan fingerprint density at radius 2 is 2.06 bits per heavy atom. The third kappa shape index (κ3) is 2.10. The summed E-state index contributed by atoms with van der Waals surface area (Å²) in [5, 5.41) is 0. The minimum absolute atomic E-state index is 0.0786.